The summed E-state index contributed by atoms with van der Waals surface area (Å²) in [7, 11) is 0. The number of hydrogen-bond acceptors (Lipinski definition) is 4. The minimum absolute atomic E-state index is 0.133. The second kappa shape index (κ2) is 7.63. The third-order valence-electron chi connectivity index (χ3n) is 3.03. The quantitative estimate of drug-likeness (QED) is 0.260. The van der Waals surface area contributed by atoms with Crippen molar-refractivity contribution in [3.63, 3.8) is 0 Å². The predicted molar refractivity (Wildman–Crippen MR) is 78.1 cm³/mol. The molecule has 3 N–H and O–H groups in total. The summed E-state index contributed by atoms with van der Waals surface area (Å²) < 4.78 is 5.40. The number of ether oxygens (including phenoxy) is 1. The highest BCUT2D eigenvalue weighted by Gasteiger charge is 2.15. The Morgan fingerprint density at radius 2 is 2.16 bits per heavy atom. The molecule has 0 bridgehead atoms. The van der Waals surface area contributed by atoms with Gasteiger partial charge in [-0.3, -0.25) is 0 Å². The fourth-order valence-electron chi connectivity index (χ4n) is 2.09. The molecule has 0 saturated carbocycles. The first kappa shape index (κ1) is 15.3. The predicted octanol–water partition coefficient (Wildman–Crippen LogP) is 1.95. The molecule has 0 radical (unpaired) electrons. The van der Waals surface area contributed by atoms with E-state index in [0.29, 0.717) is 13.2 Å². The van der Waals surface area contributed by atoms with Crippen molar-refractivity contribution < 1.29 is 9.94 Å². The molecule has 5 nitrogen and oxygen atoms in total. The number of rotatable bonds is 7. The van der Waals surface area contributed by atoms with Gasteiger partial charge in [0.25, 0.3) is 0 Å². The Hall–Kier alpha value is -1.75. The number of para-hydroxylation sites is 1. The van der Waals surface area contributed by atoms with Crippen LogP contribution in [-0.4, -0.2) is 37.3 Å². The lowest BCUT2D eigenvalue weighted by atomic mass is 10.1. The molecule has 5 heteroatoms. The van der Waals surface area contributed by atoms with E-state index in [2.05, 4.69) is 17.0 Å². The fraction of sp³-hybridized carbons (Fsp3) is 0.500. The summed E-state index contributed by atoms with van der Waals surface area (Å²) in [6.07, 6.45) is 0. The normalized spacial score (nSPS) is 11.6. The Labute approximate surface area is 114 Å². The lowest BCUT2D eigenvalue weighted by molar-refractivity contribution is 0.154. The molecule has 0 aliphatic rings. The van der Waals surface area contributed by atoms with Crippen LogP contribution in [-0.2, 0) is 4.74 Å². The fourth-order valence-corrected chi connectivity index (χ4v) is 2.09. The van der Waals surface area contributed by atoms with Crippen molar-refractivity contribution in [3.05, 3.63) is 29.3 Å². The Bertz CT molecular complexity index is 433. The Kier molecular flexibility index (Phi) is 6.15. The van der Waals surface area contributed by atoms with Crippen LogP contribution < -0.4 is 10.6 Å². The summed E-state index contributed by atoms with van der Waals surface area (Å²) in [4.78, 5) is 2.18. The molecule has 1 aromatic carbocycles. The number of nitrogens with two attached hydrogens (primary N) is 1. The van der Waals surface area contributed by atoms with Gasteiger partial charge < -0.3 is 20.6 Å². The van der Waals surface area contributed by atoms with E-state index in [1.165, 1.54) is 0 Å². The number of likely N-dealkylation sites (N-methyl/N-ethyl adjacent to an activating group) is 1. The van der Waals surface area contributed by atoms with Crippen LogP contribution in [0.15, 0.2) is 23.4 Å². The van der Waals surface area contributed by atoms with Crippen LogP contribution in [0.25, 0.3) is 0 Å². The Morgan fingerprint density at radius 1 is 1.42 bits per heavy atom. The highest BCUT2D eigenvalue weighted by atomic mass is 16.5. The van der Waals surface area contributed by atoms with Crippen molar-refractivity contribution in [2.75, 3.05) is 31.2 Å². The molecule has 1 rings (SSSR count). The van der Waals surface area contributed by atoms with Gasteiger partial charge in [-0.25, -0.2) is 0 Å². The van der Waals surface area contributed by atoms with Crippen LogP contribution in [0, 0.1) is 6.92 Å². The topological polar surface area (TPSA) is 71.1 Å². The lowest BCUT2D eigenvalue weighted by Crippen LogP contribution is -2.30. The first-order valence-electron chi connectivity index (χ1n) is 6.55. The Balaban J connectivity index is 3.07. The molecular weight excluding hydrogens is 242 g/mol. The highest BCUT2D eigenvalue weighted by Crippen LogP contribution is 2.25. The highest BCUT2D eigenvalue weighted by molar-refractivity contribution is 6.02. The van der Waals surface area contributed by atoms with Crippen molar-refractivity contribution in [2.45, 2.75) is 20.8 Å². The molecule has 0 amide bonds. The van der Waals surface area contributed by atoms with Crippen LogP contribution >= 0.6 is 0 Å². The third kappa shape index (κ3) is 3.86. The number of benzene rings is 1. The van der Waals surface area contributed by atoms with Gasteiger partial charge in [0.1, 0.15) is 0 Å². The maximum Gasteiger partial charge on any atom is 0.172 e. The molecule has 0 atom stereocenters. The second-order valence-corrected chi connectivity index (χ2v) is 4.23. The number of oxime groups is 1. The minimum Gasteiger partial charge on any atom is -0.409 e. The van der Waals surface area contributed by atoms with E-state index in [1.54, 1.807) is 0 Å². The molecule has 19 heavy (non-hydrogen) atoms. The van der Waals surface area contributed by atoms with Crippen LogP contribution in [0.1, 0.15) is 25.0 Å². The summed E-state index contributed by atoms with van der Waals surface area (Å²) in [5, 5.41) is 12.0. The smallest absolute Gasteiger partial charge is 0.172 e. The van der Waals surface area contributed by atoms with Gasteiger partial charge in [-0.2, -0.15) is 0 Å². The van der Waals surface area contributed by atoms with Crippen LogP contribution in [0.4, 0.5) is 5.69 Å². The zero-order valence-electron chi connectivity index (χ0n) is 11.9. The number of hydrogen-bond donors (Lipinski definition) is 2. The molecule has 0 aromatic heterocycles. The van der Waals surface area contributed by atoms with Gasteiger partial charge in [-0.05, 0) is 32.4 Å². The van der Waals surface area contributed by atoms with E-state index in [4.69, 9.17) is 15.7 Å². The van der Waals surface area contributed by atoms with Crippen LogP contribution in [0.3, 0.4) is 0 Å². The largest absolute Gasteiger partial charge is 0.409 e. The molecule has 0 unspecified atom stereocenters. The SMILES string of the molecule is CCOCCN(CC)c1c(C)cccc1/C(N)=N/O. The van der Waals surface area contributed by atoms with Crippen LogP contribution in [0.5, 0.6) is 0 Å². The average Bonchev–Trinajstić information content (AvgIpc) is 2.43. The summed E-state index contributed by atoms with van der Waals surface area (Å²) >= 11 is 0. The zero-order valence-corrected chi connectivity index (χ0v) is 11.9. The molecule has 0 aliphatic heterocycles. The number of nitrogens with zero attached hydrogens (tertiary/aromatic N) is 2. The molecule has 0 heterocycles. The first-order valence-corrected chi connectivity index (χ1v) is 6.55. The van der Waals surface area contributed by atoms with Crippen molar-refractivity contribution in [2.24, 2.45) is 10.9 Å². The summed E-state index contributed by atoms with van der Waals surface area (Å²) in [5.41, 5.74) is 8.60. The van der Waals surface area contributed by atoms with E-state index in [0.717, 1.165) is 29.9 Å². The molecule has 0 fully saturated rings. The molecular formula is C14H23N3O2. The van der Waals surface area contributed by atoms with E-state index in [-0.39, 0.29) is 5.84 Å². The maximum atomic E-state index is 8.89. The standard InChI is InChI=1S/C14H23N3O2/c1-4-17(9-10-19-5-2)13-11(3)7-6-8-12(13)14(15)16-18/h6-8,18H,4-5,9-10H2,1-3H3,(H2,15,16). The molecule has 1 aromatic rings. The van der Waals surface area contributed by atoms with E-state index in [9.17, 15) is 0 Å². The molecule has 0 spiro atoms. The van der Waals surface area contributed by atoms with Gasteiger partial charge in [-0.15, -0.1) is 0 Å². The van der Waals surface area contributed by atoms with Gasteiger partial charge in [0.15, 0.2) is 5.84 Å². The summed E-state index contributed by atoms with van der Waals surface area (Å²) in [6.45, 7) is 9.06. The molecule has 106 valence electrons. The van der Waals surface area contributed by atoms with Gasteiger partial charge in [-0.1, -0.05) is 17.3 Å². The van der Waals surface area contributed by atoms with Gasteiger partial charge in [0, 0.05) is 25.3 Å². The number of anilines is 1. The Morgan fingerprint density at radius 3 is 2.74 bits per heavy atom. The zero-order chi connectivity index (χ0) is 14.3. The van der Waals surface area contributed by atoms with Crippen molar-refractivity contribution in [3.8, 4) is 0 Å². The monoisotopic (exact) mass is 265 g/mol. The van der Waals surface area contributed by atoms with Crippen LogP contribution in [0.2, 0.25) is 0 Å². The van der Waals surface area contributed by atoms with Crippen molar-refractivity contribution >= 4 is 11.5 Å². The van der Waals surface area contributed by atoms with Crippen molar-refractivity contribution in [1.29, 1.82) is 0 Å². The van der Waals surface area contributed by atoms with Crippen molar-refractivity contribution in [1.82, 2.24) is 0 Å². The number of amidine groups is 1. The summed E-state index contributed by atoms with van der Waals surface area (Å²) in [6, 6.07) is 5.79. The average molecular weight is 265 g/mol. The van der Waals surface area contributed by atoms with Gasteiger partial charge in [0.2, 0.25) is 0 Å². The third-order valence-corrected chi connectivity index (χ3v) is 3.03. The van der Waals surface area contributed by atoms with Gasteiger partial charge >= 0.3 is 0 Å². The first-order chi connectivity index (χ1) is 9.15. The lowest BCUT2D eigenvalue weighted by Gasteiger charge is -2.27. The minimum atomic E-state index is 0.133. The maximum absolute atomic E-state index is 8.89. The van der Waals surface area contributed by atoms with E-state index >= 15 is 0 Å². The molecule has 0 aliphatic carbocycles. The van der Waals surface area contributed by atoms with E-state index < -0.39 is 0 Å². The second-order valence-electron chi connectivity index (χ2n) is 4.23. The number of aryl methyl sites for hydroxylation is 1. The van der Waals surface area contributed by atoms with E-state index in [1.807, 2.05) is 32.0 Å². The van der Waals surface area contributed by atoms with Gasteiger partial charge in [0.05, 0.1) is 12.3 Å². The molecule has 0 saturated heterocycles. The summed E-state index contributed by atoms with van der Waals surface area (Å²) in [5.74, 6) is 0.133.